The summed E-state index contributed by atoms with van der Waals surface area (Å²) in [5, 5.41) is 7.33. The number of benzene rings is 1. The van der Waals surface area contributed by atoms with Gasteiger partial charge in [0.25, 0.3) is 0 Å². The van der Waals surface area contributed by atoms with Gasteiger partial charge in [-0.3, -0.25) is 9.79 Å². The van der Waals surface area contributed by atoms with Crippen molar-refractivity contribution in [1.82, 2.24) is 15.5 Å². The number of piperazine rings is 1. The van der Waals surface area contributed by atoms with E-state index in [1.807, 2.05) is 29.2 Å². The topological polar surface area (TPSA) is 69.2 Å². The minimum Gasteiger partial charge on any atom is -0.385 e. The van der Waals surface area contributed by atoms with E-state index in [2.05, 4.69) is 20.5 Å². The van der Waals surface area contributed by atoms with Gasteiger partial charge in [0.15, 0.2) is 5.96 Å². The molecule has 1 amide bonds. The van der Waals surface area contributed by atoms with Gasteiger partial charge in [0.2, 0.25) is 5.91 Å². The van der Waals surface area contributed by atoms with Crippen LogP contribution in [0, 0.1) is 5.41 Å². The van der Waals surface area contributed by atoms with Gasteiger partial charge in [-0.1, -0.05) is 18.0 Å². The molecule has 9 heteroatoms. The molecule has 1 saturated heterocycles. The molecule has 0 spiro atoms. The number of carbonyl (C=O) groups is 1. The highest BCUT2D eigenvalue weighted by atomic mass is 127. The first kappa shape index (κ1) is 26.0. The molecule has 2 fully saturated rings. The first-order valence-electron chi connectivity index (χ1n) is 10.8. The highest BCUT2D eigenvalue weighted by Gasteiger charge is 2.36. The fourth-order valence-electron chi connectivity index (χ4n) is 4.14. The van der Waals surface area contributed by atoms with E-state index in [0.717, 1.165) is 56.5 Å². The van der Waals surface area contributed by atoms with E-state index in [4.69, 9.17) is 16.3 Å². The number of nitrogens with one attached hydrogen (secondary N) is 2. The average Bonchev–Trinajstić information content (AvgIpc) is 2.75. The molecule has 2 N–H and O–H groups in total. The van der Waals surface area contributed by atoms with Crippen LogP contribution in [0.2, 0.25) is 5.02 Å². The van der Waals surface area contributed by atoms with Gasteiger partial charge in [-0.05, 0) is 48.9 Å². The molecule has 1 aliphatic heterocycles. The van der Waals surface area contributed by atoms with Crippen LogP contribution in [0.1, 0.15) is 25.7 Å². The Hall–Kier alpha value is -1.26. The first-order chi connectivity index (χ1) is 14.5. The molecule has 0 bridgehead atoms. The number of rotatable bonds is 8. The third kappa shape index (κ3) is 7.39. The lowest BCUT2D eigenvalue weighted by Gasteiger charge is -2.42. The van der Waals surface area contributed by atoms with E-state index in [1.165, 1.54) is 19.3 Å². The van der Waals surface area contributed by atoms with E-state index < -0.39 is 0 Å². The zero-order valence-corrected chi connectivity index (χ0v) is 21.6. The molecule has 7 nitrogen and oxygen atoms in total. The van der Waals surface area contributed by atoms with Crippen molar-refractivity contribution in [3.63, 3.8) is 0 Å². The molecule has 1 saturated carbocycles. The summed E-state index contributed by atoms with van der Waals surface area (Å²) in [5.41, 5.74) is 1.45. The Morgan fingerprint density at radius 3 is 2.39 bits per heavy atom. The number of amides is 1. The summed E-state index contributed by atoms with van der Waals surface area (Å²) in [5.74, 6) is 0.790. The number of aliphatic imine (C=N–C) groups is 1. The van der Waals surface area contributed by atoms with Gasteiger partial charge in [0.05, 0.1) is 6.54 Å². The number of guanidine groups is 1. The van der Waals surface area contributed by atoms with Crippen molar-refractivity contribution in [2.75, 3.05) is 64.9 Å². The Morgan fingerprint density at radius 2 is 1.84 bits per heavy atom. The molecule has 0 radical (unpaired) electrons. The first-order valence-corrected chi connectivity index (χ1v) is 11.1. The maximum absolute atomic E-state index is 12.6. The predicted molar refractivity (Wildman–Crippen MR) is 138 cm³/mol. The van der Waals surface area contributed by atoms with Crippen LogP contribution in [0.25, 0.3) is 0 Å². The average molecular weight is 564 g/mol. The Labute approximate surface area is 207 Å². The molecule has 1 heterocycles. The van der Waals surface area contributed by atoms with Crippen molar-refractivity contribution in [1.29, 1.82) is 0 Å². The molecular weight excluding hydrogens is 529 g/mol. The molecule has 0 unspecified atom stereocenters. The quantitative estimate of drug-likeness (QED) is 0.289. The van der Waals surface area contributed by atoms with Crippen LogP contribution in [0.3, 0.4) is 0 Å². The fourth-order valence-corrected chi connectivity index (χ4v) is 4.27. The van der Waals surface area contributed by atoms with Crippen molar-refractivity contribution < 1.29 is 9.53 Å². The predicted octanol–water partition coefficient (Wildman–Crippen LogP) is 2.98. The van der Waals surface area contributed by atoms with Crippen molar-refractivity contribution >= 4 is 53.1 Å². The van der Waals surface area contributed by atoms with Crippen LogP contribution < -0.4 is 15.5 Å². The van der Waals surface area contributed by atoms with Gasteiger partial charge in [0.1, 0.15) is 0 Å². The van der Waals surface area contributed by atoms with E-state index in [9.17, 15) is 4.79 Å². The van der Waals surface area contributed by atoms with Crippen molar-refractivity contribution in [3.05, 3.63) is 29.3 Å². The van der Waals surface area contributed by atoms with Crippen LogP contribution in [0.15, 0.2) is 29.3 Å². The number of methoxy groups -OCH3 is 1. The van der Waals surface area contributed by atoms with Gasteiger partial charge in [-0.25, -0.2) is 0 Å². The van der Waals surface area contributed by atoms with Crippen molar-refractivity contribution in [3.8, 4) is 0 Å². The zero-order valence-electron chi connectivity index (χ0n) is 18.5. The van der Waals surface area contributed by atoms with Gasteiger partial charge < -0.3 is 25.2 Å². The van der Waals surface area contributed by atoms with Crippen LogP contribution in [0.4, 0.5) is 5.69 Å². The Balaban J connectivity index is 0.00000341. The van der Waals surface area contributed by atoms with Crippen LogP contribution in [-0.2, 0) is 9.53 Å². The van der Waals surface area contributed by atoms with Crippen molar-refractivity contribution in [2.24, 2.45) is 10.4 Å². The molecular formula is C22H35ClIN5O2. The maximum atomic E-state index is 12.6. The molecule has 174 valence electrons. The number of anilines is 1. The molecule has 2 aliphatic rings. The number of hydrogen-bond acceptors (Lipinski definition) is 4. The number of halogens is 2. The molecule has 0 aromatic heterocycles. The summed E-state index contributed by atoms with van der Waals surface area (Å²) >= 11 is 5.97. The van der Waals surface area contributed by atoms with Gasteiger partial charge in [-0.2, -0.15) is 0 Å². The Morgan fingerprint density at radius 1 is 1.16 bits per heavy atom. The second-order valence-electron chi connectivity index (χ2n) is 8.22. The minimum atomic E-state index is 0. The number of hydrogen-bond donors (Lipinski definition) is 2. The Kier molecular flexibility index (Phi) is 10.6. The molecule has 1 aromatic carbocycles. The third-order valence-corrected chi connectivity index (χ3v) is 6.59. The lowest BCUT2D eigenvalue weighted by Crippen LogP contribution is -2.53. The van der Waals surface area contributed by atoms with Crippen LogP contribution in [0.5, 0.6) is 0 Å². The van der Waals surface area contributed by atoms with E-state index in [1.54, 1.807) is 14.2 Å². The van der Waals surface area contributed by atoms with Crippen LogP contribution in [-0.4, -0.2) is 76.8 Å². The molecule has 0 atom stereocenters. The fraction of sp³-hybridized carbons (Fsp3) is 0.636. The smallest absolute Gasteiger partial charge is 0.242 e. The van der Waals surface area contributed by atoms with Gasteiger partial charge in [0, 0.05) is 64.2 Å². The Bertz CT molecular complexity index is 719. The number of ether oxygens (including phenoxy) is 1. The number of nitrogens with zero attached hydrogens (tertiary/aromatic N) is 3. The standard InChI is InChI=1S/C22H34ClN5O2.HI/c1-24-21(26-17-22(8-3-9-22)10-15-30-2)25-16-20(29)28-13-11-27(12-14-28)19-6-4-18(23)5-7-19;/h4-7H,3,8-17H2,1-2H3,(H2,24,25,26);1H. The van der Waals surface area contributed by atoms with Gasteiger partial charge >= 0.3 is 0 Å². The lowest BCUT2D eigenvalue weighted by molar-refractivity contribution is -0.130. The normalized spacial score (nSPS) is 18.1. The van der Waals surface area contributed by atoms with E-state index >= 15 is 0 Å². The largest absolute Gasteiger partial charge is 0.385 e. The van der Waals surface area contributed by atoms with Crippen LogP contribution >= 0.6 is 35.6 Å². The monoisotopic (exact) mass is 563 g/mol. The van der Waals surface area contributed by atoms with E-state index in [0.29, 0.717) is 11.4 Å². The third-order valence-electron chi connectivity index (χ3n) is 6.34. The maximum Gasteiger partial charge on any atom is 0.242 e. The molecule has 31 heavy (non-hydrogen) atoms. The zero-order chi connectivity index (χ0) is 21.4. The molecule has 1 aromatic rings. The second kappa shape index (κ2) is 12.7. The summed E-state index contributed by atoms with van der Waals surface area (Å²) < 4.78 is 5.26. The highest BCUT2D eigenvalue weighted by molar-refractivity contribution is 14.0. The molecule has 1 aliphatic carbocycles. The van der Waals surface area contributed by atoms with Crippen molar-refractivity contribution in [2.45, 2.75) is 25.7 Å². The van der Waals surface area contributed by atoms with Gasteiger partial charge in [-0.15, -0.1) is 24.0 Å². The summed E-state index contributed by atoms with van der Waals surface area (Å²) in [6, 6.07) is 7.86. The number of carbonyl (C=O) groups excluding carboxylic acids is 1. The lowest BCUT2D eigenvalue weighted by atomic mass is 9.67. The summed E-state index contributed by atoms with van der Waals surface area (Å²) in [6.07, 6.45) is 4.77. The SMILES string of the molecule is CN=C(NCC(=O)N1CCN(c2ccc(Cl)cc2)CC1)NCC1(CCOC)CCC1.I. The van der Waals surface area contributed by atoms with E-state index in [-0.39, 0.29) is 36.4 Å². The second-order valence-corrected chi connectivity index (χ2v) is 8.66. The summed E-state index contributed by atoms with van der Waals surface area (Å²) in [4.78, 5) is 21.1. The minimum absolute atomic E-state index is 0. The molecule has 3 rings (SSSR count). The summed E-state index contributed by atoms with van der Waals surface area (Å²) in [7, 11) is 3.49. The summed E-state index contributed by atoms with van der Waals surface area (Å²) in [6.45, 7) is 4.99. The highest BCUT2D eigenvalue weighted by Crippen LogP contribution is 2.43.